The number of carbonyl (C=O) groups excluding carboxylic acids is 1. The number of Topliss-reactive ketones (excluding diaryl/α,β-unsaturated/α-hetero) is 1. The molecule has 31 heavy (non-hydrogen) atoms. The van der Waals surface area contributed by atoms with E-state index in [4.69, 9.17) is 30.0 Å². The monoisotopic (exact) mass is 456 g/mol. The van der Waals surface area contributed by atoms with Gasteiger partial charge in [0.1, 0.15) is 16.4 Å². The van der Waals surface area contributed by atoms with Crippen LogP contribution in [0.2, 0.25) is 5.02 Å². The molecule has 0 aliphatic carbocycles. The molecule has 2 aliphatic rings. The van der Waals surface area contributed by atoms with Crippen molar-refractivity contribution in [1.82, 2.24) is 0 Å². The van der Waals surface area contributed by atoms with E-state index in [2.05, 4.69) is 0 Å². The number of ether oxygens (including phenoxy) is 3. The summed E-state index contributed by atoms with van der Waals surface area (Å²) in [7, 11) is -4.07. The predicted molar refractivity (Wildman–Crippen MR) is 111 cm³/mol. The van der Waals surface area contributed by atoms with Gasteiger partial charge in [0.2, 0.25) is 12.6 Å². The molecule has 2 heterocycles. The molecule has 0 saturated carbocycles. The van der Waals surface area contributed by atoms with Gasteiger partial charge in [-0.1, -0.05) is 17.7 Å². The van der Waals surface area contributed by atoms with E-state index in [-0.39, 0.29) is 34.7 Å². The minimum absolute atomic E-state index is 0.0193. The van der Waals surface area contributed by atoms with E-state index < -0.39 is 10.1 Å². The Balaban J connectivity index is 1.39. The van der Waals surface area contributed by atoms with Crippen molar-refractivity contribution in [2.24, 2.45) is 0 Å². The number of hydrogen-bond acceptors (Lipinski definition) is 7. The Kier molecular flexibility index (Phi) is 4.60. The fourth-order valence-electron chi connectivity index (χ4n) is 3.15. The molecule has 3 aromatic rings. The standard InChI is InChI=1S/C22H13ClO7S/c23-14-2-5-16(6-3-14)31(25,26)30-15-4-7-17-19(11-15)29-21(22(17)24)10-13-1-8-18-20(9-13)28-12-27-18/h1-11H,12H2/b21-10-. The van der Waals surface area contributed by atoms with Crippen LogP contribution in [0.3, 0.4) is 0 Å². The van der Waals surface area contributed by atoms with Gasteiger partial charge in [-0.25, -0.2) is 0 Å². The van der Waals surface area contributed by atoms with E-state index in [1.54, 1.807) is 24.3 Å². The molecule has 7 nitrogen and oxygen atoms in total. The maximum atomic E-state index is 12.7. The van der Waals surface area contributed by atoms with Crippen molar-refractivity contribution in [2.45, 2.75) is 4.90 Å². The van der Waals surface area contributed by atoms with Crippen LogP contribution in [0.15, 0.2) is 71.3 Å². The second-order valence-electron chi connectivity index (χ2n) is 6.70. The van der Waals surface area contributed by atoms with Crippen LogP contribution >= 0.6 is 11.6 Å². The highest BCUT2D eigenvalue weighted by atomic mass is 35.5. The Bertz CT molecular complexity index is 1340. The van der Waals surface area contributed by atoms with Crippen molar-refractivity contribution in [1.29, 1.82) is 0 Å². The predicted octanol–water partition coefficient (Wildman–Crippen LogP) is 4.45. The maximum absolute atomic E-state index is 12.7. The summed E-state index contributed by atoms with van der Waals surface area (Å²) in [5, 5.41) is 0.408. The highest BCUT2D eigenvalue weighted by molar-refractivity contribution is 7.87. The van der Waals surface area contributed by atoms with Gasteiger partial charge in [0.15, 0.2) is 17.3 Å². The Morgan fingerprint density at radius 3 is 2.48 bits per heavy atom. The molecule has 0 spiro atoms. The van der Waals surface area contributed by atoms with Gasteiger partial charge < -0.3 is 18.4 Å². The van der Waals surface area contributed by atoms with Gasteiger partial charge in [-0.15, -0.1) is 0 Å². The van der Waals surface area contributed by atoms with E-state index >= 15 is 0 Å². The fraction of sp³-hybridized carbons (Fsp3) is 0.0455. The number of ketones is 1. The second-order valence-corrected chi connectivity index (χ2v) is 8.68. The first-order valence-corrected chi connectivity index (χ1v) is 10.9. The van der Waals surface area contributed by atoms with Crippen LogP contribution in [0.25, 0.3) is 6.08 Å². The van der Waals surface area contributed by atoms with E-state index in [0.717, 1.165) is 0 Å². The van der Waals surface area contributed by atoms with E-state index in [1.165, 1.54) is 42.5 Å². The second kappa shape index (κ2) is 7.33. The molecule has 0 atom stereocenters. The summed E-state index contributed by atoms with van der Waals surface area (Å²) < 4.78 is 46.4. The average Bonchev–Trinajstić information content (AvgIpc) is 3.32. The molecule has 0 N–H and O–H groups in total. The highest BCUT2D eigenvalue weighted by Gasteiger charge is 2.29. The van der Waals surface area contributed by atoms with Crippen molar-refractivity contribution in [3.05, 3.63) is 82.6 Å². The van der Waals surface area contributed by atoms with Crippen LogP contribution in [0.5, 0.6) is 23.0 Å². The fourth-order valence-corrected chi connectivity index (χ4v) is 4.20. The Morgan fingerprint density at radius 2 is 1.68 bits per heavy atom. The summed E-state index contributed by atoms with van der Waals surface area (Å²) in [6.45, 7) is 0.151. The van der Waals surface area contributed by atoms with Crippen LogP contribution in [0.1, 0.15) is 15.9 Å². The van der Waals surface area contributed by atoms with Crippen LogP contribution in [-0.4, -0.2) is 21.0 Å². The zero-order chi connectivity index (χ0) is 21.6. The quantitative estimate of drug-likeness (QED) is 0.423. The minimum atomic E-state index is -4.07. The van der Waals surface area contributed by atoms with Gasteiger partial charge in [0.05, 0.1) is 5.56 Å². The average molecular weight is 457 g/mol. The number of halogens is 1. The van der Waals surface area contributed by atoms with Crippen LogP contribution < -0.4 is 18.4 Å². The van der Waals surface area contributed by atoms with Gasteiger partial charge in [-0.2, -0.15) is 8.42 Å². The van der Waals surface area contributed by atoms with Crippen molar-refractivity contribution >= 4 is 33.6 Å². The Labute approximate surface area is 182 Å². The summed E-state index contributed by atoms with van der Waals surface area (Å²) in [4.78, 5) is 12.6. The molecular formula is C22H13ClO7S. The van der Waals surface area contributed by atoms with E-state index in [1.807, 2.05) is 0 Å². The highest BCUT2D eigenvalue weighted by Crippen LogP contribution is 2.37. The summed E-state index contributed by atoms with van der Waals surface area (Å²) >= 11 is 5.80. The summed E-state index contributed by atoms with van der Waals surface area (Å²) in [6.07, 6.45) is 1.58. The smallest absolute Gasteiger partial charge is 0.339 e. The van der Waals surface area contributed by atoms with Gasteiger partial charge in [0.25, 0.3) is 0 Å². The zero-order valence-corrected chi connectivity index (χ0v) is 17.3. The number of benzene rings is 3. The van der Waals surface area contributed by atoms with Gasteiger partial charge in [0, 0.05) is 11.1 Å². The van der Waals surface area contributed by atoms with Crippen molar-refractivity contribution in [3.8, 4) is 23.0 Å². The summed E-state index contributed by atoms with van der Waals surface area (Å²) in [6, 6.07) is 15.1. The van der Waals surface area contributed by atoms with Crippen LogP contribution in [0, 0.1) is 0 Å². The number of fused-ring (bicyclic) bond motifs is 2. The number of carbonyl (C=O) groups is 1. The molecule has 0 unspecified atom stereocenters. The molecule has 0 amide bonds. The molecular weight excluding hydrogens is 444 g/mol. The largest absolute Gasteiger partial charge is 0.454 e. The van der Waals surface area contributed by atoms with Gasteiger partial charge in [-0.3, -0.25) is 4.79 Å². The lowest BCUT2D eigenvalue weighted by Gasteiger charge is -2.08. The van der Waals surface area contributed by atoms with Crippen molar-refractivity contribution in [2.75, 3.05) is 6.79 Å². The minimum Gasteiger partial charge on any atom is -0.454 e. The summed E-state index contributed by atoms with van der Waals surface area (Å²) in [5.41, 5.74) is 1.01. The first-order chi connectivity index (χ1) is 14.9. The molecule has 0 fully saturated rings. The lowest BCUT2D eigenvalue weighted by atomic mass is 10.1. The molecule has 0 aromatic heterocycles. The topological polar surface area (TPSA) is 88.1 Å². The maximum Gasteiger partial charge on any atom is 0.339 e. The third kappa shape index (κ3) is 3.71. The Hall–Kier alpha value is -3.49. The normalized spacial score (nSPS) is 15.6. The van der Waals surface area contributed by atoms with E-state index in [9.17, 15) is 13.2 Å². The molecule has 0 bridgehead atoms. The lowest BCUT2D eigenvalue weighted by molar-refractivity contribution is 0.101. The lowest BCUT2D eigenvalue weighted by Crippen LogP contribution is -2.09. The third-order valence-electron chi connectivity index (χ3n) is 4.64. The van der Waals surface area contributed by atoms with Gasteiger partial charge in [-0.05, 0) is 60.2 Å². The first-order valence-electron chi connectivity index (χ1n) is 9.07. The number of allylic oxidation sites excluding steroid dienone is 1. The third-order valence-corrected chi connectivity index (χ3v) is 6.16. The van der Waals surface area contributed by atoms with E-state index in [0.29, 0.717) is 27.6 Å². The molecule has 156 valence electrons. The van der Waals surface area contributed by atoms with Crippen molar-refractivity contribution in [3.63, 3.8) is 0 Å². The molecule has 3 aromatic carbocycles. The van der Waals surface area contributed by atoms with Crippen LogP contribution in [-0.2, 0) is 10.1 Å². The van der Waals surface area contributed by atoms with Gasteiger partial charge >= 0.3 is 10.1 Å². The molecule has 9 heteroatoms. The Morgan fingerprint density at radius 1 is 0.903 bits per heavy atom. The van der Waals surface area contributed by atoms with Crippen molar-refractivity contribution < 1.29 is 31.6 Å². The number of rotatable bonds is 4. The molecule has 2 aliphatic heterocycles. The first kappa shape index (κ1) is 19.5. The molecule has 0 radical (unpaired) electrons. The van der Waals surface area contributed by atoms with Crippen LogP contribution in [0.4, 0.5) is 0 Å². The molecule has 0 saturated heterocycles. The zero-order valence-electron chi connectivity index (χ0n) is 15.7. The number of hydrogen-bond donors (Lipinski definition) is 0. The summed E-state index contributed by atoms with van der Waals surface area (Å²) in [5.74, 6) is 1.23. The SMILES string of the molecule is O=C1/C(=C/c2ccc3c(c2)OCO3)Oc2cc(OS(=O)(=O)c3ccc(Cl)cc3)ccc21. The molecule has 5 rings (SSSR count).